The van der Waals surface area contributed by atoms with Gasteiger partial charge in [-0.3, -0.25) is 14.7 Å². The molecule has 4 nitrogen and oxygen atoms in total. The molecule has 0 radical (unpaired) electrons. The zero-order valence-corrected chi connectivity index (χ0v) is 15.0. The summed E-state index contributed by atoms with van der Waals surface area (Å²) in [6.45, 7) is 6.72. The summed E-state index contributed by atoms with van der Waals surface area (Å²) in [6.07, 6.45) is 5.77. The number of piperidine rings is 1. The van der Waals surface area contributed by atoms with Gasteiger partial charge in [-0.05, 0) is 63.1 Å². The standard InChI is InChI=1S/C21H26N2O2/c1-16(2)25-20-7-3-5-18(13-20)21(24)19-6-4-12-23(15-19)14-17-8-10-22-11-9-17/h3,5,7-11,13,16,19H,4,6,12,14-15H2,1-2H3/t19-/m0/s1. The van der Waals surface area contributed by atoms with Crippen molar-refractivity contribution in [3.8, 4) is 5.75 Å². The van der Waals surface area contributed by atoms with E-state index in [1.54, 1.807) is 0 Å². The number of pyridine rings is 1. The van der Waals surface area contributed by atoms with Crippen molar-refractivity contribution in [2.45, 2.75) is 39.3 Å². The van der Waals surface area contributed by atoms with Crippen LogP contribution < -0.4 is 4.74 Å². The van der Waals surface area contributed by atoms with Crippen molar-refractivity contribution in [3.63, 3.8) is 0 Å². The molecule has 0 N–H and O–H groups in total. The smallest absolute Gasteiger partial charge is 0.167 e. The Labute approximate surface area is 149 Å². The lowest BCUT2D eigenvalue weighted by atomic mass is 9.89. The minimum absolute atomic E-state index is 0.0601. The van der Waals surface area contributed by atoms with Crippen molar-refractivity contribution in [1.82, 2.24) is 9.88 Å². The quantitative estimate of drug-likeness (QED) is 0.748. The number of carbonyl (C=O) groups is 1. The zero-order valence-electron chi connectivity index (χ0n) is 15.0. The van der Waals surface area contributed by atoms with E-state index in [2.05, 4.69) is 9.88 Å². The molecule has 1 aliphatic rings. The molecule has 1 atom stereocenters. The molecule has 1 saturated heterocycles. The van der Waals surface area contributed by atoms with E-state index in [4.69, 9.17) is 4.74 Å². The molecule has 2 heterocycles. The fourth-order valence-electron chi connectivity index (χ4n) is 3.39. The van der Waals surface area contributed by atoms with Crippen molar-refractivity contribution in [2.75, 3.05) is 13.1 Å². The highest BCUT2D eigenvalue weighted by molar-refractivity contribution is 5.98. The second-order valence-corrected chi connectivity index (χ2v) is 6.99. The number of benzene rings is 1. The van der Waals surface area contributed by atoms with Crippen molar-refractivity contribution in [3.05, 3.63) is 59.9 Å². The van der Waals surface area contributed by atoms with Gasteiger partial charge in [-0.1, -0.05) is 12.1 Å². The summed E-state index contributed by atoms with van der Waals surface area (Å²) in [5, 5.41) is 0. The number of Topliss-reactive ketones (excluding diaryl/α,β-unsaturated/α-hetero) is 1. The zero-order chi connectivity index (χ0) is 17.6. The number of ether oxygens (including phenoxy) is 1. The Hall–Kier alpha value is -2.20. The van der Waals surface area contributed by atoms with Gasteiger partial charge in [0.1, 0.15) is 5.75 Å². The summed E-state index contributed by atoms with van der Waals surface area (Å²) in [7, 11) is 0. The normalized spacial score (nSPS) is 18.3. The van der Waals surface area contributed by atoms with E-state index in [0.29, 0.717) is 0 Å². The van der Waals surface area contributed by atoms with Gasteiger partial charge in [-0.25, -0.2) is 0 Å². The molecule has 0 bridgehead atoms. The van der Waals surface area contributed by atoms with Gasteiger partial charge in [0.25, 0.3) is 0 Å². The Balaban J connectivity index is 1.65. The molecule has 1 aromatic carbocycles. The molecule has 3 rings (SSSR count). The number of nitrogens with zero attached hydrogens (tertiary/aromatic N) is 2. The van der Waals surface area contributed by atoms with E-state index >= 15 is 0 Å². The largest absolute Gasteiger partial charge is 0.491 e. The van der Waals surface area contributed by atoms with Gasteiger partial charge in [-0.2, -0.15) is 0 Å². The van der Waals surface area contributed by atoms with Crippen molar-refractivity contribution in [1.29, 1.82) is 0 Å². The number of rotatable bonds is 6. The fourth-order valence-corrected chi connectivity index (χ4v) is 3.39. The first kappa shape index (κ1) is 17.6. The van der Waals surface area contributed by atoms with Crippen LogP contribution in [0.25, 0.3) is 0 Å². The topological polar surface area (TPSA) is 42.4 Å². The van der Waals surface area contributed by atoms with E-state index < -0.39 is 0 Å². The van der Waals surface area contributed by atoms with Crippen LogP contribution in [0.2, 0.25) is 0 Å². The minimum atomic E-state index is 0.0601. The van der Waals surface area contributed by atoms with Crippen LogP contribution in [-0.2, 0) is 6.54 Å². The average molecular weight is 338 g/mol. The second-order valence-electron chi connectivity index (χ2n) is 6.99. The van der Waals surface area contributed by atoms with Gasteiger partial charge in [-0.15, -0.1) is 0 Å². The van der Waals surface area contributed by atoms with Gasteiger partial charge in [0.05, 0.1) is 6.10 Å². The maximum absolute atomic E-state index is 12.9. The molecule has 4 heteroatoms. The highest BCUT2D eigenvalue weighted by atomic mass is 16.5. The number of hydrogen-bond donors (Lipinski definition) is 0. The van der Waals surface area contributed by atoms with Crippen LogP contribution in [0.15, 0.2) is 48.8 Å². The third-order valence-corrected chi connectivity index (χ3v) is 4.52. The second kappa shape index (κ2) is 8.26. The Morgan fingerprint density at radius 1 is 1.28 bits per heavy atom. The maximum Gasteiger partial charge on any atom is 0.167 e. The Bertz CT molecular complexity index is 700. The maximum atomic E-state index is 12.9. The van der Waals surface area contributed by atoms with E-state index in [1.165, 1.54) is 5.56 Å². The highest BCUT2D eigenvalue weighted by Gasteiger charge is 2.26. The summed E-state index contributed by atoms with van der Waals surface area (Å²) in [4.78, 5) is 19.4. The lowest BCUT2D eigenvalue weighted by molar-refractivity contribution is 0.0811. The molecule has 0 spiro atoms. The molecule has 1 fully saturated rings. The molecular formula is C21H26N2O2. The number of likely N-dealkylation sites (tertiary alicyclic amines) is 1. The van der Waals surface area contributed by atoms with Gasteiger partial charge in [0, 0.05) is 37.0 Å². The SMILES string of the molecule is CC(C)Oc1cccc(C(=O)[C@H]2CCCN(Cc3ccncc3)C2)c1. The lowest BCUT2D eigenvalue weighted by Crippen LogP contribution is -2.38. The molecule has 25 heavy (non-hydrogen) atoms. The molecule has 0 saturated carbocycles. The van der Waals surface area contributed by atoms with Crippen LogP contribution in [0.4, 0.5) is 0 Å². The third kappa shape index (κ3) is 4.89. The molecule has 2 aromatic rings. The number of hydrogen-bond acceptors (Lipinski definition) is 4. The number of ketones is 1. The highest BCUT2D eigenvalue weighted by Crippen LogP contribution is 2.24. The third-order valence-electron chi connectivity index (χ3n) is 4.52. The summed E-state index contributed by atoms with van der Waals surface area (Å²) in [6, 6.07) is 11.7. The first-order valence-corrected chi connectivity index (χ1v) is 9.04. The molecule has 0 amide bonds. The van der Waals surface area contributed by atoms with E-state index in [1.807, 2.05) is 62.6 Å². The Morgan fingerprint density at radius 3 is 2.84 bits per heavy atom. The van der Waals surface area contributed by atoms with Crippen LogP contribution in [-0.4, -0.2) is 34.9 Å². The van der Waals surface area contributed by atoms with Crippen molar-refractivity contribution < 1.29 is 9.53 Å². The van der Waals surface area contributed by atoms with Crippen molar-refractivity contribution in [2.24, 2.45) is 5.92 Å². The Kier molecular flexibility index (Phi) is 5.82. The summed E-state index contributed by atoms with van der Waals surface area (Å²) in [5.74, 6) is 1.06. The minimum Gasteiger partial charge on any atom is -0.491 e. The predicted octanol–water partition coefficient (Wildman–Crippen LogP) is 3.96. The van der Waals surface area contributed by atoms with Gasteiger partial charge < -0.3 is 4.74 Å². The first-order chi connectivity index (χ1) is 12.1. The van der Waals surface area contributed by atoms with Crippen LogP contribution in [0.5, 0.6) is 5.75 Å². The predicted molar refractivity (Wildman–Crippen MR) is 98.8 cm³/mol. The molecule has 0 aliphatic carbocycles. The van der Waals surface area contributed by atoms with Gasteiger partial charge in [0.15, 0.2) is 5.78 Å². The van der Waals surface area contributed by atoms with Crippen LogP contribution >= 0.6 is 0 Å². The molecular weight excluding hydrogens is 312 g/mol. The molecule has 1 aliphatic heterocycles. The van der Waals surface area contributed by atoms with Crippen LogP contribution in [0.3, 0.4) is 0 Å². The summed E-state index contributed by atoms with van der Waals surface area (Å²) in [5.41, 5.74) is 2.00. The van der Waals surface area contributed by atoms with E-state index in [-0.39, 0.29) is 17.8 Å². The average Bonchev–Trinajstić information content (AvgIpc) is 2.62. The molecule has 1 aromatic heterocycles. The summed E-state index contributed by atoms with van der Waals surface area (Å²) < 4.78 is 5.72. The fraction of sp³-hybridized carbons (Fsp3) is 0.429. The van der Waals surface area contributed by atoms with Crippen LogP contribution in [0.1, 0.15) is 42.6 Å². The lowest BCUT2D eigenvalue weighted by Gasteiger charge is -2.32. The van der Waals surface area contributed by atoms with Crippen LogP contribution in [0, 0.1) is 5.92 Å². The van der Waals surface area contributed by atoms with E-state index in [9.17, 15) is 4.79 Å². The number of carbonyl (C=O) groups excluding carboxylic acids is 1. The van der Waals surface area contributed by atoms with Crippen molar-refractivity contribution >= 4 is 5.78 Å². The Morgan fingerprint density at radius 2 is 2.08 bits per heavy atom. The first-order valence-electron chi connectivity index (χ1n) is 9.04. The van der Waals surface area contributed by atoms with E-state index in [0.717, 1.165) is 43.8 Å². The van der Waals surface area contributed by atoms with Gasteiger partial charge in [0.2, 0.25) is 0 Å². The summed E-state index contributed by atoms with van der Waals surface area (Å²) >= 11 is 0. The monoisotopic (exact) mass is 338 g/mol. The van der Waals surface area contributed by atoms with Gasteiger partial charge >= 0.3 is 0 Å². The molecule has 0 unspecified atom stereocenters. The molecule has 132 valence electrons. The number of aromatic nitrogens is 1.